The summed E-state index contributed by atoms with van der Waals surface area (Å²) in [5.41, 5.74) is 3.72. The Morgan fingerprint density at radius 2 is 1.78 bits per heavy atom. The second-order valence-electron chi connectivity index (χ2n) is 5.82. The number of hydrogen-bond donors (Lipinski definition) is 1. The molecule has 1 N–H and O–H groups in total. The van der Waals surface area contributed by atoms with Crippen LogP contribution in [0.4, 0.5) is 11.4 Å². The van der Waals surface area contributed by atoms with Gasteiger partial charge in [0.15, 0.2) is 0 Å². The van der Waals surface area contributed by atoms with E-state index in [1.54, 1.807) is 0 Å². The molecule has 1 saturated heterocycles. The molecule has 0 aromatic heterocycles. The number of para-hydroxylation sites is 1. The fraction of sp³-hybridized carbons (Fsp3) is 0.263. The molecule has 0 unspecified atom stereocenters. The van der Waals surface area contributed by atoms with Crippen LogP contribution in [0.25, 0.3) is 0 Å². The first-order valence-corrected chi connectivity index (χ1v) is 7.88. The summed E-state index contributed by atoms with van der Waals surface area (Å²) in [5, 5.41) is 3.17. The minimum Gasteiger partial charge on any atom is -0.373 e. The standard InChI is InChI=1S/C19H20N2O2/c1-3-14-6-4-5-7-17(14)21-18(22)12-16(19(21)23)20-15-10-8-13(2)9-11-15/h4-11,16,20H,3,12H2,1-2H3/t16-/m0/s1. The molecule has 1 heterocycles. The third-order valence-corrected chi connectivity index (χ3v) is 4.15. The molecule has 3 rings (SSSR count). The summed E-state index contributed by atoms with van der Waals surface area (Å²) in [5.74, 6) is -0.336. The van der Waals surface area contributed by atoms with Gasteiger partial charge in [0.05, 0.1) is 12.1 Å². The number of anilines is 2. The highest BCUT2D eigenvalue weighted by atomic mass is 16.2. The van der Waals surface area contributed by atoms with Crippen molar-refractivity contribution in [2.45, 2.75) is 32.7 Å². The van der Waals surface area contributed by atoms with E-state index >= 15 is 0 Å². The minimum atomic E-state index is -0.505. The van der Waals surface area contributed by atoms with Crippen molar-refractivity contribution in [3.05, 3.63) is 59.7 Å². The molecule has 1 fully saturated rings. The van der Waals surface area contributed by atoms with Crippen LogP contribution in [0.5, 0.6) is 0 Å². The zero-order chi connectivity index (χ0) is 16.4. The van der Waals surface area contributed by atoms with Gasteiger partial charge in [-0.25, -0.2) is 4.90 Å². The first-order valence-electron chi connectivity index (χ1n) is 7.88. The summed E-state index contributed by atoms with van der Waals surface area (Å²) >= 11 is 0. The number of rotatable bonds is 4. The SMILES string of the molecule is CCc1ccccc1N1C(=O)C[C@H](Nc2ccc(C)cc2)C1=O. The summed E-state index contributed by atoms with van der Waals surface area (Å²) in [6.45, 7) is 4.03. The van der Waals surface area contributed by atoms with Crippen molar-refractivity contribution in [2.24, 2.45) is 0 Å². The van der Waals surface area contributed by atoms with Gasteiger partial charge in [0.2, 0.25) is 5.91 Å². The van der Waals surface area contributed by atoms with Crippen LogP contribution in [0.3, 0.4) is 0 Å². The Bertz CT molecular complexity index is 737. The molecule has 2 aromatic carbocycles. The highest BCUT2D eigenvalue weighted by Gasteiger charge is 2.40. The van der Waals surface area contributed by atoms with E-state index in [2.05, 4.69) is 5.32 Å². The van der Waals surface area contributed by atoms with Crippen LogP contribution >= 0.6 is 0 Å². The molecular weight excluding hydrogens is 288 g/mol. The second kappa shape index (κ2) is 6.24. The van der Waals surface area contributed by atoms with Gasteiger partial charge in [-0.2, -0.15) is 0 Å². The van der Waals surface area contributed by atoms with Crippen molar-refractivity contribution in [2.75, 3.05) is 10.2 Å². The van der Waals surface area contributed by atoms with Crippen molar-refractivity contribution >= 4 is 23.2 Å². The second-order valence-corrected chi connectivity index (χ2v) is 5.82. The van der Waals surface area contributed by atoms with Gasteiger partial charge in [-0.1, -0.05) is 42.8 Å². The van der Waals surface area contributed by atoms with Gasteiger partial charge in [0.25, 0.3) is 5.91 Å². The summed E-state index contributed by atoms with van der Waals surface area (Å²) in [7, 11) is 0. The maximum absolute atomic E-state index is 12.7. The van der Waals surface area contributed by atoms with Gasteiger partial charge < -0.3 is 5.32 Å². The van der Waals surface area contributed by atoms with Crippen molar-refractivity contribution in [3.8, 4) is 0 Å². The Morgan fingerprint density at radius 3 is 2.48 bits per heavy atom. The Balaban J connectivity index is 1.84. The molecule has 2 aromatic rings. The lowest BCUT2D eigenvalue weighted by Gasteiger charge is -2.19. The molecule has 1 aliphatic rings. The van der Waals surface area contributed by atoms with Crippen molar-refractivity contribution < 1.29 is 9.59 Å². The van der Waals surface area contributed by atoms with Crippen LogP contribution in [0.1, 0.15) is 24.5 Å². The normalized spacial score (nSPS) is 17.7. The Hall–Kier alpha value is -2.62. The molecule has 23 heavy (non-hydrogen) atoms. The Labute approximate surface area is 136 Å². The van der Waals surface area contributed by atoms with Crippen molar-refractivity contribution in [1.29, 1.82) is 0 Å². The minimum absolute atomic E-state index is 0.152. The van der Waals surface area contributed by atoms with Crippen LogP contribution in [-0.2, 0) is 16.0 Å². The van der Waals surface area contributed by atoms with E-state index < -0.39 is 6.04 Å². The summed E-state index contributed by atoms with van der Waals surface area (Å²) in [6.07, 6.45) is 0.966. The van der Waals surface area contributed by atoms with Crippen LogP contribution in [-0.4, -0.2) is 17.9 Å². The lowest BCUT2D eigenvalue weighted by Crippen LogP contribution is -2.35. The number of imide groups is 1. The number of benzene rings is 2. The molecule has 118 valence electrons. The van der Waals surface area contributed by atoms with E-state index in [0.29, 0.717) is 5.69 Å². The zero-order valence-corrected chi connectivity index (χ0v) is 13.4. The number of carbonyl (C=O) groups is 2. The molecular formula is C19H20N2O2. The average Bonchev–Trinajstić information content (AvgIpc) is 2.83. The third kappa shape index (κ3) is 2.97. The molecule has 1 atom stereocenters. The largest absolute Gasteiger partial charge is 0.373 e. The maximum Gasteiger partial charge on any atom is 0.256 e. The molecule has 4 nitrogen and oxygen atoms in total. The lowest BCUT2D eigenvalue weighted by molar-refractivity contribution is -0.121. The van der Waals surface area contributed by atoms with E-state index in [1.165, 1.54) is 4.90 Å². The number of nitrogens with one attached hydrogen (secondary N) is 1. The predicted molar refractivity (Wildman–Crippen MR) is 91.5 cm³/mol. The molecule has 0 aliphatic carbocycles. The van der Waals surface area contributed by atoms with E-state index in [1.807, 2.05) is 62.4 Å². The summed E-state index contributed by atoms with van der Waals surface area (Å²) < 4.78 is 0. The molecule has 0 spiro atoms. The van der Waals surface area contributed by atoms with E-state index in [0.717, 1.165) is 23.2 Å². The van der Waals surface area contributed by atoms with Gasteiger partial charge >= 0.3 is 0 Å². The number of carbonyl (C=O) groups excluding carboxylic acids is 2. The van der Waals surface area contributed by atoms with Crippen molar-refractivity contribution in [3.63, 3.8) is 0 Å². The number of nitrogens with zero attached hydrogens (tertiary/aromatic N) is 1. The fourth-order valence-corrected chi connectivity index (χ4v) is 2.88. The molecule has 4 heteroatoms. The van der Waals surface area contributed by atoms with E-state index in [9.17, 15) is 9.59 Å². The highest BCUT2D eigenvalue weighted by Crippen LogP contribution is 2.28. The Kier molecular flexibility index (Phi) is 4.15. The van der Waals surface area contributed by atoms with E-state index in [-0.39, 0.29) is 18.2 Å². The molecule has 0 bridgehead atoms. The van der Waals surface area contributed by atoms with Gasteiger partial charge in [-0.05, 0) is 37.1 Å². The Morgan fingerprint density at radius 1 is 1.09 bits per heavy atom. The van der Waals surface area contributed by atoms with Crippen LogP contribution in [0, 0.1) is 6.92 Å². The monoisotopic (exact) mass is 308 g/mol. The number of amides is 2. The smallest absolute Gasteiger partial charge is 0.256 e. The molecule has 1 aliphatic heterocycles. The van der Waals surface area contributed by atoms with Crippen molar-refractivity contribution in [1.82, 2.24) is 0 Å². The van der Waals surface area contributed by atoms with Gasteiger partial charge in [-0.3, -0.25) is 9.59 Å². The zero-order valence-electron chi connectivity index (χ0n) is 13.4. The average molecular weight is 308 g/mol. The van der Waals surface area contributed by atoms with Gasteiger partial charge in [0.1, 0.15) is 6.04 Å². The molecule has 2 amide bonds. The van der Waals surface area contributed by atoms with E-state index in [4.69, 9.17) is 0 Å². The summed E-state index contributed by atoms with van der Waals surface area (Å²) in [4.78, 5) is 26.4. The third-order valence-electron chi connectivity index (χ3n) is 4.15. The first-order chi connectivity index (χ1) is 11.1. The number of hydrogen-bond acceptors (Lipinski definition) is 3. The van der Waals surface area contributed by atoms with Crippen LogP contribution in [0.2, 0.25) is 0 Å². The number of aryl methyl sites for hydroxylation is 2. The van der Waals surface area contributed by atoms with Gasteiger partial charge in [-0.15, -0.1) is 0 Å². The highest BCUT2D eigenvalue weighted by molar-refractivity contribution is 6.23. The van der Waals surface area contributed by atoms with Crippen LogP contribution < -0.4 is 10.2 Å². The first kappa shape index (κ1) is 15.3. The van der Waals surface area contributed by atoms with Gasteiger partial charge in [0, 0.05) is 5.69 Å². The quantitative estimate of drug-likeness (QED) is 0.882. The molecule has 0 radical (unpaired) electrons. The topological polar surface area (TPSA) is 49.4 Å². The predicted octanol–water partition coefficient (Wildman–Crippen LogP) is 3.30. The molecule has 0 saturated carbocycles. The summed E-state index contributed by atoms with van der Waals surface area (Å²) in [6, 6.07) is 14.9. The van der Waals surface area contributed by atoms with Crippen LogP contribution in [0.15, 0.2) is 48.5 Å². The lowest BCUT2D eigenvalue weighted by atomic mass is 10.1. The maximum atomic E-state index is 12.7. The fourth-order valence-electron chi connectivity index (χ4n) is 2.88.